The molecule has 0 aliphatic carbocycles. The van der Waals surface area contributed by atoms with Crippen molar-refractivity contribution in [2.24, 2.45) is 0 Å². The van der Waals surface area contributed by atoms with Gasteiger partial charge < -0.3 is 4.98 Å². The minimum atomic E-state index is 0.613. The van der Waals surface area contributed by atoms with Crippen LogP contribution in [-0.4, -0.2) is 4.98 Å². The minimum absolute atomic E-state index is 0.613. The Morgan fingerprint density at radius 1 is 1.07 bits per heavy atom. The summed E-state index contributed by atoms with van der Waals surface area (Å²) in [6, 6.07) is 14.8. The van der Waals surface area contributed by atoms with E-state index in [1.54, 1.807) is 0 Å². The van der Waals surface area contributed by atoms with Crippen molar-refractivity contribution in [2.45, 2.75) is 26.2 Å². The van der Waals surface area contributed by atoms with Crippen molar-refractivity contribution in [2.75, 3.05) is 0 Å². The normalized spacial score (nSPS) is 12.7. The molecular formula is C14H17N. The standard InChI is InChI=1S/C14H17N/c1-3-11(2)13-9-10-14(15-13)12-7-5-4-6-8-12/h4-11,15H,3H2,1-2H3. The molecule has 1 atom stereocenters. The summed E-state index contributed by atoms with van der Waals surface area (Å²) in [6.07, 6.45) is 1.18. The largest absolute Gasteiger partial charge is 0.358 e. The molecule has 1 aromatic heterocycles. The fraction of sp³-hybridized carbons (Fsp3) is 0.286. The van der Waals surface area contributed by atoms with Gasteiger partial charge in [-0.15, -0.1) is 0 Å². The maximum Gasteiger partial charge on any atom is 0.0456 e. The maximum atomic E-state index is 3.48. The van der Waals surface area contributed by atoms with Gasteiger partial charge in [-0.25, -0.2) is 0 Å². The summed E-state index contributed by atoms with van der Waals surface area (Å²) < 4.78 is 0. The molecule has 1 aromatic carbocycles. The van der Waals surface area contributed by atoms with Crippen molar-refractivity contribution in [1.82, 2.24) is 4.98 Å². The fourth-order valence-electron chi connectivity index (χ4n) is 1.71. The number of hydrogen-bond acceptors (Lipinski definition) is 0. The predicted octanol–water partition coefficient (Wildman–Crippen LogP) is 4.20. The Morgan fingerprint density at radius 2 is 1.80 bits per heavy atom. The molecule has 2 aromatic rings. The van der Waals surface area contributed by atoms with Gasteiger partial charge in [0.25, 0.3) is 0 Å². The van der Waals surface area contributed by atoms with Gasteiger partial charge in [0.15, 0.2) is 0 Å². The van der Waals surface area contributed by atoms with Crippen LogP contribution < -0.4 is 0 Å². The smallest absolute Gasteiger partial charge is 0.0456 e. The average molecular weight is 199 g/mol. The highest BCUT2D eigenvalue weighted by atomic mass is 14.7. The highest BCUT2D eigenvalue weighted by molar-refractivity contribution is 5.59. The number of nitrogens with one attached hydrogen (secondary N) is 1. The fourth-order valence-corrected chi connectivity index (χ4v) is 1.71. The Labute approximate surface area is 91.2 Å². The first-order chi connectivity index (χ1) is 7.31. The van der Waals surface area contributed by atoms with Crippen molar-refractivity contribution < 1.29 is 0 Å². The first-order valence-electron chi connectivity index (χ1n) is 5.55. The lowest BCUT2D eigenvalue weighted by Gasteiger charge is -2.05. The number of hydrogen-bond donors (Lipinski definition) is 1. The van der Waals surface area contributed by atoms with Gasteiger partial charge in [-0.3, -0.25) is 0 Å². The molecule has 0 spiro atoms. The third kappa shape index (κ3) is 2.12. The summed E-state index contributed by atoms with van der Waals surface area (Å²) in [5.74, 6) is 0.613. The zero-order valence-electron chi connectivity index (χ0n) is 9.33. The molecule has 0 saturated carbocycles. The van der Waals surface area contributed by atoms with Crippen LogP contribution in [0.2, 0.25) is 0 Å². The molecule has 1 heteroatoms. The van der Waals surface area contributed by atoms with Gasteiger partial charge in [-0.2, -0.15) is 0 Å². The molecule has 1 unspecified atom stereocenters. The third-order valence-corrected chi connectivity index (χ3v) is 2.94. The van der Waals surface area contributed by atoms with Gasteiger partial charge in [0.05, 0.1) is 0 Å². The Morgan fingerprint density at radius 3 is 2.47 bits per heavy atom. The van der Waals surface area contributed by atoms with Crippen LogP contribution >= 0.6 is 0 Å². The van der Waals surface area contributed by atoms with Gasteiger partial charge in [0, 0.05) is 11.4 Å². The van der Waals surface area contributed by atoms with E-state index in [2.05, 4.69) is 55.2 Å². The van der Waals surface area contributed by atoms with E-state index < -0.39 is 0 Å². The second kappa shape index (κ2) is 4.35. The van der Waals surface area contributed by atoms with Crippen molar-refractivity contribution in [3.63, 3.8) is 0 Å². The zero-order chi connectivity index (χ0) is 10.7. The van der Waals surface area contributed by atoms with E-state index in [9.17, 15) is 0 Å². The first-order valence-corrected chi connectivity index (χ1v) is 5.55. The molecule has 1 N–H and O–H groups in total. The van der Waals surface area contributed by atoms with Crippen molar-refractivity contribution in [1.29, 1.82) is 0 Å². The second-order valence-corrected chi connectivity index (χ2v) is 4.00. The van der Waals surface area contributed by atoms with Crippen LogP contribution in [0, 0.1) is 0 Å². The molecule has 0 radical (unpaired) electrons. The Kier molecular flexibility index (Phi) is 2.91. The van der Waals surface area contributed by atoms with E-state index in [1.807, 2.05) is 6.07 Å². The molecule has 0 aliphatic heterocycles. The topological polar surface area (TPSA) is 15.8 Å². The van der Waals surface area contributed by atoms with Gasteiger partial charge in [0.1, 0.15) is 0 Å². The Hall–Kier alpha value is -1.50. The lowest BCUT2D eigenvalue weighted by atomic mass is 10.1. The molecule has 0 amide bonds. The van der Waals surface area contributed by atoms with Crippen molar-refractivity contribution >= 4 is 0 Å². The predicted molar refractivity (Wildman–Crippen MR) is 64.9 cm³/mol. The molecule has 0 aliphatic rings. The number of H-pyrrole nitrogens is 1. The van der Waals surface area contributed by atoms with E-state index >= 15 is 0 Å². The van der Waals surface area contributed by atoms with Crippen LogP contribution in [0.3, 0.4) is 0 Å². The van der Waals surface area contributed by atoms with Crippen LogP contribution in [0.25, 0.3) is 11.3 Å². The number of benzene rings is 1. The number of rotatable bonds is 3. The summed E-state index contributed by atoms with van der Waals surface area (Å²) in [6.45, 7) is 4.47. The molecule has 15 heavy (non-hydrogen) atoms. The van der Waals surface area contributed by atoms with Gasteiger partial charge in [-0.1, -0.05) is 44.2 Å². The number of aromatic amines is 1. The Bertz CT molecular complexity index is 414. The first kappa shape index (κ1) is 10.0. The lowest BCUT2D eigenvalue weighted by molar-refractivity contribution is 0.714. The molecule has 1 nitrogen and oxygen atoms in total. The van der Waals surface area contributed by atoms with Crippen LogP contribution in [0.4, 0.5) is 0 Å². The molecule has 0 fully saturated rings. The molecule has 2 rings (SSSR count). The molecular weight excluding hydrogens is 182 g/mol. The summed E-state index contributed by atoms with van der Waals surface area (Å²) in [7, 11) is 0. The quantitative estimate of drug-likeness (QED) is 0.762. The van der Waals surface area contributed by atoms with Crippen LogP contribution in [0.15, 0.2) is 42.5 Å². The van der Waals surface area contributed by atoms with Gasteiger partial charge >= 0.3 is 0 Å². The summed E-state index contributed by atoms with van der Waals surface area (Å²) >= 11 is 0. The molecule has 0 saturated heterocycles. The SMILES string of the molecule is CCC(C)c1ccc(-c2ccccc2)[nH]1. The third-order valence-electron chi connectivity index (χ3n) is 2.94. The zero-order valence-corrected chi connectivity index (χ0v) is 9.33. The van der Waals surface area contributed by atoms with E-state index in [1.165, 1.54) is 23.4 Å². The van der Waals surface area contributed by atoms with Crippen molar-refractivity contribution in [3.05, 3.63) is 48.2 Å². The number of aromatic nitrogens is 1. The lowest BCUT2D eigenvalue weighted by Crippen LogP contribution is -1.90. The van der Waals surface area contributed by atoms with Crippen LogP contribution in [0.5, 0.6) is 0 Å². The summed E-state index contributed by atoms with van der Waals surface area (Å²) in [4.78, 5) is 3.48. The van der Waals surface area contributed by atoms with E-state index in [-0.39, 0.29) is 0 Å². The Balaban J connectivity index is 2.28. The average Bonchev–Trinajstić information content (AvgIpc) is 2.78. The van der Waals surface area contributed by atoms with Crippen molar-refractivity contribution in [3.8, 4) is 11.3 Å². The second-order valence-electron chi connectivity index (χ2n) is 4.00. The molecule has 78 valence electrons. The molecule has 1 heterocycles. The van der Waals surface area contributed by atoms with Gasteiger partial charge in [0.2, 0.25) is 0 Å². The maximum absolute atomic E-state index is 3.48. The van der Waals surface area contributed by atoms with Crippen LogP contribution in [0.1, 0.15) is 31.9 Å². The van der Waals surface area contributed by atoms with E-state index in [0.717, 1.165) is 0 Å². The van der Waals surface area contributed by atoms with E-state index in [0.29, 0.717) is 5.92 Å². The minimum Gasteiger partial charge on any atom is -0.358 e. The van der Waals surface area contributed by atoms with Gasteiger partial charge in [-0.05, 0) is 30.0 Å². The monoisotopic (exact) mass is 199 g/mol. The summed E-state index contributed by atoms with van der Waals surface area (Å²) in [5, 5.41) is 0. The summed E-state index contributed by atoms with van der Waals surface area (Å²) in [5.41, 5.74) is 3.80. The highest BCUT2D eigenvalue weighted by Gasteiger charge is 2.06. The molecule has 0 bridgehead atoms. The van der Waals surface area contributed by atoms with Crippen LogP contribution in [-0.2, 0) is 0 Å². The van der Waals surface area contributed by atoms with E-state index in [4.69, 9.17) is 0 Å². The highest BCUT2D eigenvalue weighted by Crippen LogP contribution is 2.23.